The van der Waals surface area contributed by atoms with Crippen LogP contribution in [0.25, 0.3) is 10.2 Å². The summed E-state index contributed by atoms with van der Waals surface area (Å²) in [4.78, 5) is 30.1. The molecule has 2 aromatic carbocycles. The number of nitrogens with zero attached hydrogens (tertiary/aromatic N) is 2. The van der Waals surface area contributed by atoms with Gasteiger partial charge in [0.15, 0.2) is 10.7 Å². The summed E-state index contributed by atoms with van der Waals surface area (Å²) < 4.78 is 20.1. The number of carboxylic acids is 1. The first-order valence-corrected chi connectivity index (χ1v) is 10.0. The van der Waals surface area contributed by atoms with Gasteiger partial charge in [-0.25, -0.2) is 14.3 Å². The Kier molecular flexibility index (Phi) is 4.85. The Morgan fingerprint density at radius 2 is 2.03 bits per heavy atom. The Labute approximate surface area is 182 Å². The third-order valence-electron chi connectivity index (χ3n) is 4.34. The van der Waals surface area contributed by atoms with Gasteiger partial charge in [0.2, 0.25) is 0 Å². The molecule has 6 nitrogen and oxygen atoms in total. The second kappa shape index (κ2) is 6.98. The van der Waals surface area contributed by atoms with Crippen molar-refractivity contribution in [2.45, 2.75) is 18.9 Å². The van der Waals surface area contributed by atoms with Gasteiger partial charge < -0.3 is 9.84 Å². The van der Waals surface area contributed by atoms with Crippen LogP contribution in [0.1, 0.15) is 13.3 Å². The highest BCUT2D eigenvalue weighted by Crippen LogP contribution is 2.47. The van der Waals surface area contributed by atoms with Gasteiger partial charge in [-0.05, 0) is 25.1 Å². The van der Waals surface area contributed by atoms with Crippen LogP contribution in [0.2, 0.25) is 15.1 Å². The lowest BCUT2D eigenvalue weighted by atomic mass is 9.97. The molecule has 0 radical (unpaired) electrons. The normalized spacial score (nSPS) is 18.7. The van der Waals surface area contributed by atoms with Crippen molar-refractivity contribution in [1.29, 1.82) is 0 Å². The average molecular weight is 476 g/mol. The summed E-state index contributed by atoms with van der Waals surface area (Å²) in [5.74, 6) is -2.38. The van der Waals surface area contributed by atoms with Crippen LogP contribution < -0.4 is 9.64 Å². The van der Waals surface area contributed by atoms with Gasteiger partial charge in [0, 0.05) is 6.07 Å². The molecular weight excluding hydrogens is 466 g/mol. The fraction of sp³-hybridized carbons (Fsp3) is 0.167. The summed E-state index contributed by atoms with van der Waals surface area (Å²) in [6, 6.07) is 5.16. The van der Waals surface area contributed by atoms with Gasteiger partial charge in [-0.3, -0.25) is 9.59 Å². The van der Waals surface area contributed by atoms with E-state index in [1.54, 1.807) is 6.07 Å². The van der Waals surface area contributed by atoms with Gasteiger partial charge in [0.25, 0.3) is 5.91 Å². The van der Waals surface area contributed by atoms with Crippen LogP contribution in [-0.4, -0.2) is 27.6 Å². The third-order valence-corrected chi connectivity index (χ3v) is 6.58. The number of aromatic nitrogens is 1. The first kappa shape index (κ1) is 20.2. The topological polar surface area (TPSA) is 79.7 Å². The maximum absolute atomic E-state index is 13.9. The lowest BCUT2D eigenvalue weighted by Crippen LogP contribution is -2.53. The summed E-state index contributed by atoms with van der Waals surface area (Å²) in [6.45, 7) is 1.36. The highest BCUT2D eigenvalue weighted by molar-refractivity contribution is 7.22. The fourth-order valence-corrected chi connectivity index (χ4v) is 4.82. The molecule has 3 aromatic rings. The Bertz CT molecular complexity index is 1200. The Balaban J connectivity index is 1.94. The van der Waals surface area contributed by atoms with Crippen molar-refractivity contribution in [2.75, 3.05) is 4.90 Å². The zero-order valence-electron chi connectivity index (χ0n) is 14.5. The van der Waals surface area contributed by atoms with Crippen molar-refractivity contribution in [3.05, 3.63) is 45.2 Å². The number of thiazole rings is 1. The maximum Gasteiger partial charge on any atom is 0.307 e. The summed E-state index contributed by atoms with van der Waals surface area (Å²) in [6.07, 6.45) is -0.595. The molecule has 2 heterocycles. The van der Waals surface area contributed by atoms with Crippen LogP contribution in [0.15, 0.2) is 24.3 Å². The number of carbonyl (C=O) groups is 2. The van der Waals surface area contributed by atoms with Gasteiger partial charge in [-0.2, -0.15) is 0 Å². The number of hydrogen-bond donors (Lipinski definition) is 1. The lowest BCUT2D eigenvalue weighted by Gasteiger charge is -2.38. The van der Waals surface area contributed by atoms with E-state index in [0.717, 1.165) is 28.4 Å². The molecule has 1 aromatic heterocycles. The molecule has 1 atom stereocenters. The van der Waals surface area contributed by atoms with E-state index in [1.165, 1.54) is 13.0 Å². The Morgan fingerprint density at radius 1 is 1.31 bits per heavy atom. The van der Waals surface area contributed by atoms with Crippen LogP contribution in [-0.2, 0) is 9.59 Å². The maximum atomic E-state index is 13.9. The van der Waals surface area contributed by atoms with E-state index in [-0.39, 0.29) is 31.6 Å². The number of benzene rings is 2. The molecule has 0 fully saturated rings. The monoisotopic (exact) mass is 474 g/mol. The molecule has 0 spiro atoms. The minimum Gasteiger partial charge on any atom is -0.481 e. The first-order chi connectivity index (χ1) is 13.6. The predicted molar refractivity (Wildman–Crippen MR) is 109 cm³/mol. The van der Waals surface area contributed by atoms with Gasteiger partial charge in [0.1, 0.15) is 17.1 Å². The summed E-state index contributed by atoms with van der Waals surface area (Å²) >= 11 is 19.4. The molecule has 4 rings (SSSR count). The number of amides is 1. The van der Waals surface area contributed by atoms with E-state index >= 15 is 0 Å². The molecule has 0 saturated carbocycles. The molecule has 1 aliphatic rings. The standard InChI is InChI=1S/C18H10Cl3FN2O4S/c1-18(6-12(25)26)16(27)24(9-4-7(22)2-3-10(9)28-18)17-23-15-11(29-17)5-8(19)13(20)14(15)21/h2-5H,6H2,1H3,(H,25,26). The number of carbonyl (C=O) groups excluding carboxylic acids is 1. The number of ether oxygens (including phenoxy) is 1. The molecule has 0 bridgehead atoms. The average Bonchev–Trinajstić information content (AvgIpc) is 3.04. The second-order valence-corrected chi connectivity index (χ2v) is 8.66. The highest BCUT2D eigenvalue weighted by atomic mass is 35.5. The summed E-state index contributed by atoms with van der Waals surface area (Å²) in [7, 11) is 0. The van der Waals surface area contributed by atoms with Crippen LogP contribution >= 0.6 is 46.1 Å². The number of rotatable bonds is 3. The molecule has 1 unspecified atom stereocenters. The van der Waals surface area contributed by atoms with Crippen molar-refractivity contribution in [3.8, 4) is 5.75 Å². The zero-order valence-corrected chi connectivity index (χ0v) is 17.6. The van der Waals surface area contributed by atoms with Crippen LogP contribution in [0.5, 0.6) is 5.75 Å². The van der Waals surface area contributed by atoms with E-state index in [0.29, 0.717) is 10.2 Å². The lowest BCUT2D eigenvalue weighted by molar-refractivity contribution is -0.148. The molecule has 29 heavy (non-hydrogen) atoms. The van der Waals surface area contributed by atoms with E-state index in [2.05, 4.69) is 4.98 Å². The van der Waals surface area contributed by atoms with Gasteiger partial charge >= 0.3 is 5.97 Å². The van der Waals surface area contributed by atoms with E-state index in [4.69, 9.17) is 39.5 Å². The van der Waals surface area contributed by atoms with Gasteiger partial charge in [-0.1, -0.05) is 46.1 Å². The number of aliphatic carboxylic acids is 1. The van der Waals surface area contributed by atoms with Crippen LogP contribution in [0.4, 0.5) is 15.2 Å². The fourth-order valence-electron chi connectivity index (χ4n) is 3.03. The first-order valence-electron chi connectivity index (χ1n) is 8.09. The minimum atomic E-state index is -1.71. The summed E-state index contributed by atoms with van der Waals surface area (Å²) in [5.41, 5.74) is -1.29. The predicted octanol–water partition coefficient (Wildman–Crippen LogP) is 5.69. The Morgan fingerprint density at radius 3 is 2.72 bits per heavy atom. The molecule has 11 heteroatoms. The molecule has 150 valence electrons. The van der Waals surface area contributed by atoms with Gasteiger partial charge in [0.05, 0.1) is 31.9 Å². The van der Waals surface area contributed by atoms with Crippen molar-refractivity contribution < 1.29 is 23.8 Å². The molecule has 1 amide bonds. The van der Waals surface area contributed by atoms with Crippen molar-refractivity contribution >= 4 is 79.1 Å². The van der Waals surface area contributed by atoms with Crippen molar-refractivity contribution in [3.63, 3.8) is 0 Å². The van der Waals surface area contributed by atoms with Crippen LogP contribution in [0, 0.1) is 5.82 Å². The zero-order chi connectivity index (χ0) is 21.1. The molecule has 1 aliphatic heterocycles. The van der Waals surface area contributed by atoms with Crippen LogP contribution in [0.3, 0.4) is 0 Å². The van der Waals surface area contributed by atoms with Crippen molar-refractivity contribution in [1.82, 2.24) is 4.98 Å². The number of carboxylic acid groups (broad SMARTS) is 1. The SMILES string of the molecule is CC1(CC(=O)O)Oc2ccc(F)cc2N(c2nc3c(Cl)c(Cl)c(Cl)cc3s2)C1=O. The molecule has 0 saturated heterocycles. The quantitative estimate of drug-likeness (QED) is 0.493. The minimum absolute atomic E-state index is 0.102. The third kappa shape index (κ3) is 3.30. The van der Waals surface area contributed by atoms with E-state index in [9.17, 15) is 19.1 Å². The van der Waals surface area contributed by atoms with E-state index in [1.807, 2.05) is 0 Å². The number of halogens is 4. The highest BCUT2D eigenvalue weighted by Gasteiger charge is 2.48. The van der Waals surface area contributed by atoms with Crippen molar-refractivity contribution in [2.24, 2.45) is 0 Å². The largest absolute Gasteiger partial charge is 0.481 e. The molecular formula is C18H10Cl3FN2O4S. The smallest absolute Gasteiger partial charge is 0.307 e. The second-order valence-electron chi connectivity index (χ2n) is 6.49. The molecule has 1 N–H and O–H groups in total. The van der Waals surface area contributed by atoms with Gasteiger partial charge in [-0.15, -0.1) is 0 Å². The summed E-state index contributed by atoms with van der Waals surface area (Å²) in [5, 5.41) is 9.84. The van der Waals surface area contributed by atoms with E-state index < -0.39 is 29.7 Å². The molecule has 0 aliphatic carbocycles. The Hall–Kier alpha value is -2.13. The number of hydrogen-bond acceptors (Lipinski definition) is 5. The number of fused-ring (bicyclic) bond motifs is 2. The number of anilines is 2.